The van der Waals surface area contributed by atoms with E-state index in [1.54, 1.807) is 0 Å². The molecule has 2 rings (SSSR count). The van der Waals surface area contributed by atoms with Gasteiger partial charge < -0.3 is 9.80 Å². The van der Waals surface area contributed by atoms with Crippen molar-refractivity contribution in [1.82, 2.24) is 20.0 Å². The van der Waals surface area contributed by atoms with Crippen LogP contribution in [-0.2, 0) is 11.2 Å². The third-order valence-corrected chi connectivity index (χ3v) is 4.93. The van der Waals surface area contributed by atoms with Crippen molar-refractivity contribution >= 4 is 24.9 Å². The van der Waals surface area contributed by atoms with Gasteiger partial charge in [0.1, 0.15) is 5.82 Å². The van der Waals surface area contributed by atoms with Gasteiger partial charge in [0, 0.05) is 45.3 Å². The number of nitrogens with one attached hydrogen (secondary N) is 1. The number of aromatic nitrogens is 2. The fourth-order valence-electron chi connectivity index (χ4n) is 2.99. The molecule has 0 aliphatic heterocycles. The summed E-state index contributed by atoms with van der Waals surface area (Å²) in [4.78, 5) is 23.9. The van der Waals surface area contributed by atoms with E-state index in [1.165, 1.54) is 11.8 Å². The Labute approximate surface area is 185 Å². The van der Waals surface area contributed by atoms with Gasteiger partial charge in [-0.15, -0.1) is 0 Å². The van der Waals surface area contributed by atoms with E-state index in [1.807, 2.05) is 48.9 Å². The number of aryl methyl sites for hydroxylation is 1. The molecule has 0 atom stereocenters. The second kappa shape index (κ2) is 12.4. The summed E-state index contributed by atoms with van der Waals surface area (Å²) in [7, 11) is 3.93. The van der Waals surface area contributed by atoms with Gasteiger partial charge in [-0.3, -0.25) is 15.1 Å². The highest BCUT2D eigenvalue weighted by Crippen LogP contribution is 2.18. The fourth-order valence-corrected chi connectivity index (χ4v) is 2.99. The number of allylic oxidation sites excluding steroid dienone is 1. The second-order valence-electron chi connectivity index (χ2n) is 7.14. The van der Waals surface area contributed by atoms with Crippen LogP contribution in [0.2, 0.25) is 0 Å². The number of benzene rings is 1. The normalized spacial score (nSPS) is 12.0. The van der Waals surface area contributed by atoms with Crippen LogP contribution in [0.4, 0.5) is 5.69 Å². The van der Waals surface area contributed by atoms with Crippen molar-refractivity contribution in [3.8, 4) is 5.69 Å². The van der Waals surface area contributed by atoms with Gasteiger partial charge in [0.2, 0.25) is 0 Å². The number of hydrogen-bond donors (Lipinski definition) is 1. The summed E-state index contributed by atoms with van der Waals surface area (Å²) < 4.78 is 1.90. The molecule has 31 heavy (non-hydrogen) atoms. The number of nitrogens with zero attached hydrogens (tertiary/aromatic N) is 6. The minimum Gasteiger partial charge on any atom is -0.373 e. The van der Waals surface area contributed by atoms with Gasteiger partial charge in [0.15, 0.2) is 6.29 Å². The zero-order valence-electron chi connectivity index (χ0n) is 19.0. The van der Waals surface area contributed by atoms with Crippen molar-refractivity contribution in [1.29, 1.82) is 0 Å². The molecule has 0 spiro atoms. The number of aldehydes is 1. The molecule has 0 amide bonds. The lowest BCUT2D eigenvalue weighted by molar-refractivity contribution is -0.104. The third-order valence-electron chi connectivity index (χ3n) is 4.93. The minimum atomic E-state index is 0.408. The maximum absolute atomic E-state index is 11.5. The summed E-state index contributed by atoms with van der Waals surface area (Å²) in [6.45, 7) is 10.4. The Kier molecular flexibility index (Phi) is 9.64. The highest BCUT2D eigenvalue weighted by atomic mass is 16.1. The maximum Gasteiger partial charge on any atom is 0.155 e. The van der Waals surface area contributed by atoms with Crippen molar-refractivity contribution < 1.29 is 4.79 Å². The maximum atomic E-state index is 11.5. The van der Waals surface area contributed by atoms with Crippen LogP contribution in [0.5, 0.6) is 0 Å². The Morgan fingerprint density at radius 1 is 1.29 bits per heavy atom. The van der Waals surface area contributed by atoms with Crippen LogP contribution < -0.4 is 10.2 Å². The first-order valence-corrected chi connectivity index (χ1v) is 10.5. The minimum absolute atomic E-state index is 0.408. The molecule has 0 saturated heterocycles. The number of likely N-dealkylation sites (N-methyl/N-ethyl adjacent to an activating group) is 2. The summed E-state index contributed by atoms with van der Waals surface area (Å²) in [5.41, 5.74) is 3.72. The van der Waals surface area contributed by atoms with E-state index in [-0.39, 0.29) is 0 Å². The summed E-state index contributed by atoms with van der Waals surface area (Å²) in [6, 6.07) is 8.25. The Balaban J connectivity index is 2.06. The molecule has 1 aromatic carbocycles. The van der Waals surface area contributed by atoms with Crippen LogP contribution in [0.3, 0.4) is 0 Å². The van der Waals surface area contributed by atoms with Crippen molar-refractivity contribution in [2.24, 2.45) is 9.98 Å². The molecule has 0 aliphatic rings. The number of aliphatic imine (C=N–C) groups is 2. The highest BCUT2D eigenvalue weighted by molar-refractivity contribution is 6.02. The molecule has 0 fully saturated rings. The standard InChI is InChI=1S/C23H33N7O/c1-6-19-14-27-30(16-19)22-10-8-9-21(13-22)28(4)11-12-29(5)23(24-3)20(17-31)15-26-18-25-7-2/h8-10,13-17,25H,3,6-7,11-12,18H2,1-2,4-5H3/b23-20-,26-15-. The van der Waals surface area contributed by atoms with Crippen molar-refractivity contribution in [2.45, 2.75) is 20.3 Å². The monoisotopic (exact) mass is 423 g/mol. The smallest absolute Gasteiger partial charge is 0.155 e. The van der Waals surface area contributed by atoms with Gasteiger partial charge in [0.25, 0.3) is 0 Å². The Morgan fingerprint density at radius 2 is 2.10 bits per heavy atom. The van der Waals surface area contributed by atoms with E-state index >= 15 is 0 Å². The van der Waals surface area contributed by atoms with Crippen molar-refractivity contribution in [3.05, 3.63) is 53.6 Å². The first-order chi connectivity index (χ1) is 15.0. The number of anilines is 1. The van der Waals surface area contributed by atoms with E-state index < -0.39 is 0 Å². The average Bonchev–Trinajstić information content (AvgIpc) is 3.29. The topological polar surface area (TPSA) is 78.1 Å². The van der Waals surface area contributed by atoms with Crippen LogP contribution in [0.15, 0.2) is 58.0 Å². The predicted octanol–water partition coefficient (Wildman–Crippen LogP) is 2.55. The Morgan fingerprint density at radius 3 is 2.74 bits per heavy atom. The third kappa shape index (κ3) is 6.89. The zero-order chi connectivity index (χ0) is 22.6. The van der Waals surface area contributed by atoms with E-state index in [4.69, 9.17) is 0 Å². The van der Waals surface area contributed by atoms with Gasteiger partial charge in [0.05, 0.1) is 24.1 Å². The lowest BCUT2D eigenvalue weighted by Gasteiger charge is -2.25. The zero-order valence-corrected chi connectivity index (χ0v) is 19.0. The molecule has 2 aromatic rings. The molecule has 1 N–H and O–H groups in total. The molecule has 166 valence electrons. The SMILES string of the molecule is C=N/C(=C(C=O)\C=N/CNCC)N(C)CCN(C)c1cccc(-n2cc(CC)cn2)c1. The first-order valence-electron chi connectivity index (χ1n) is 10.5. The van der Waals surface area contributed by atoms with Crippen LogP contribution in [0.1, 0.15) is 19.4 Å². The fraction of sp³-hybridized carbons (Fsp3) is 0.391. The quantitative estimate of drug-likeness (QED) is 0.232. The van der Waals surface area contributed by atoms with Gasteiger partial charge in [-0.1, -0.05) is 19.9 Å². The predicted molar refractivity (Wildman–Crippen MR) is 129 cm³/mol. The van der Waals surface area contributed by atoms with E-state index in [0.29, 0.717) is 24.6 Å². The first kappa shape index (κ1) is 24.0. The van der Waals surface area contributed by atoms with Crippen LogP contribution in [0, 0.1) is 0 Å². The summed E-state index contributed by atoms with van der Waals surface area (Å²) in [6.07, 6.45) is 7.21. The van der Waals surface area contributed by atoms with Crippen LogP contribution in [0.25, 0.3) is 5.69 Å². The van der Waals surface area contributed by atoms with Gasteiger partial charge >= 0.3 is 0 Å². The lowest BCUT2D eigenvalue weighted by atomic mass is 10.2. The number of hydrogen-bond acceptors (Lipinski definition) is 7. The molecule has 0 saturated carbocycles. The molecule has 1 aromatic heterocycles. The molecule has 0 unspecified atom stereocenters. The van der Waals surface area contributed by atoms with Crippen LogP contribution >= 0.6 is 0 Å². The molecule has 0 aliphatic carbocycles. The number of carbonyl (C=O) groups is 1. The molecular weight excluding hydrogens is 390 g/mol. The summed E-state index contributed by atoms with van der Waals surface area (Å²) in [5, 5.41) is 7.53. The van der Waals surface area contributed by atoms with Crippen LogP contribution in [-0.4, -0.2) is 74.3 Å². The number of carbonyl (C=O) groups excluding carboxylic acids is 1. The molecule has 8 heteroatoms. The molecule has 0 bridgehead atoms. The largest absolute Gasteiger partial charge is 0.373 e. The lowest BCUT2D eigenvalue weighted by Crippen LogP contribution is -2.31. The van der Waals surface area contributed by atoms with Gasteiger partial charge in [-0.2, -0.15) is 5.10 Å². The highest BCUT2D eigenvalue weighted by Gasteiger charge is 2.11. The van der Waals surface area contributed by atoms with Gasteiger partial charge in [-0.05, 0) is 43.4 Å². The van der Waals surface area contributed by atoms with E-state index in [0.717, 1.165) is 37.2 Å². The Hall–Kier alpha value is -3.26. The molecule has 1 heterocycles. The molecular formula is C23H33N7O. The molecule has 0 radical (unpaired) electrons. The van der Waals surface area contributed by atoms with Crippen molar-refractivity contribution in [3.63, 3.8) is 0 Å². The second-order valence-corrected chi connectivity index (χ2v) is 7.14. The van der Waals surface area contributed by atoms with Gasteiger partial charge in [-0.25, -0.2) is 9.67 Å². The summed E-state index contributed by atoms with van der Waals surface area (Å²) >= 11 is 0. The summed E-state index contributed by atoms with van der Waals surface area (Å²) in [5.74, 6) is 0.515. The molecule has 8 nitrogen and oxygen atoms in total. The van der Waals surface area contributed by atoms with E-state index in [9.17, 15) is 4.79 Å². The Bertz CT molecular complexity index is 916. The van der Waals surface area contributed by atoms with Crippen molar-refractivity contribution in [2.75, 3.05) is 45.3 Å². The van der Waals surface area contributed by atoms with E-state index in [2.05, 4.69) is 57.3 Å². The average molecular weight is 424 g/mol. The number of rotatable bonds is 13.